The Bertz CT molecular complexity index is 814. The van der Waals surface area contributed by atoms with Crippen molar-refractivity contribution in [1.82, 2.24) is 4.90 Å². The fraction of sp³-hybridized carbons (Fsp3) is 0.350. The third-order valence-corrected chi connectivity index (χ3v) is 5.00. The number of alkyl halides is 3. The predicted molar refractivity (Wildman–Crippen MR) is 91.6 cm³/mol. The Morgan fingerprint density at radius 2 is 1.56 bits per heavy atom. The van der Waals surface area contributed by atoms with Crippen molar-refractivity contribution in [3.05, 3.63) is 71.0 Å². The zero-order valence-corrected chi connectivity index (χ0v) is 14.4. The monoisotopic (exact) mass is 381 g/mol. The number of halogens is 4. The van der Waals surface area contributed by atoms with Crippen LogP contribution in [0, 0.1) is 11.7 Å². The average molecular weight is 381 g/mol. The molecule has 27 heavy (non-hydrogen) atoms. The first kappa shape index (κ1) is 19.4. The maximum absolute atomic E-state index is 14.5. The van der Waals surface area contributed by atoms with E-state index in [0.717, 1.165) is 6.07 Å². The number of hydrogen-bond donors (Lipinski definition) is 1. The molecule has 0 amide bonds. The molecule has 2 aromatic carbocycles. The number of likely N-dealkylation sites (tertiary alicyclic amines) is 1. The standard InChI is InChI=1S/C20H19F4NO2/c21-17-8-4-2-6-15(17)18(25-11-9-13(10-12-25)19(26)27)14-5-1-3-7-16(14)20(22,23)24/h1-8,13,18H,9-12H2,(H,26,27). The van der Waals surface area contributed by atoms with Gasteiger partial charge in [0.15, 0.2) is 0 Å². The van der Waals surface area contributed by atoms with Crippen molar-refractivity contribution >= 4 is 5.97 Å². The Morgan fingerprint density at radius 3 is 2.11 bits per heavy atom. The summed E-state index contributed by atoms with van der Waals surface area (Å²) in [5.74, 6) is -2.02. The summed E-state index contributed by atoms with van der Waals surface area (Å²) in [6.07, 6.45) is -3.94. The summed E-state index contributed by atoms with van der Waals surface area (Å²) < 4.78 is 55.2. The second kappa shape index (κ2) is 7.68. The van der Waals surface area contributed by atoms with Gasteiger partial charge in [-0.15, -0.1) is 0 Å². The topological polar surface area (TPSA) is 40.5 Å². The molecule has 1 N–H and O–H groups in total. The number of carbonyl (C=O) groups is 1. The van der Waals surface area contributed by atoms with Crippen molar-refractivity contribution < 1.29 is 27.5 Å². The zero-order valence-electron chi connectivity index (χ0n) is 14.4. The van der Waals surface area contributed by atoms with Crippen LogP contribution in [0.25, 0.3) is 0 Å². The van der Waals surface area contributed by atoms with Crippen LogP contribution in [0.5, 0.6) is 0 Å². The van der Waals surface area contributed by atoms with Gasteiger partial charge in [-0.3, -0.25) is 9.69 Å². The van der Waals surface area contributed by atoms with Crippen LogP contribution in [0.2, 0.25) is 0 Å². The molecule has 0 aliphatic carbocycles. The summed E-state index contributed by atoms with van der Waals surface area (Å²) in [7, 11) is 0. The molecule has 1 aliphatic heterocycles. The molecule has 3 rings (SSSR count). The van der Waals surface area contributed by atoms with E-state index in [-0.39, 0.29) is 24.2 Å². The van der Waals surface area contributed by atoms with Crippen LogP contribution in [0.4, 0.5) is 17.6 Å². The van der Waals surface area contributed by atoms with Crippen molar-refractivity contribution in [2.45, 2.75) is 25.1 Å². The summed E-state index contributed by atoms with van der Waals surface area (Å²) in [6.45, 7) is 0.560. The third kappa shape index (κ3) is 4.13. The highest BCUT2D eigenvalue weighted by atomic mass is 19.4. The van der Waals surface area contributed by atoms with Gasteiger partial charge in [0.25, 0.3) is 0 Å². The first-order valence-electron chi connectivity index (χ1n) is 8.66. The molecule has 0 spiro atoms. The number of carboxylic acids is 1. The zero-order chi connectivity index (χ0) is 19.6. The number of benzene rings is 2. The van der Waals surface area contributed by atoms with E-state index in [2.05, 4.69) is 0 Å². The fourth-order valence-electron chi connectivity index (χ4n) is 3.66. The Kier molecular flexibility index (Phi) is 5.51. The Morgan fingerprint density at radius 1 is 1.00 bits per heavy atom. The highest BCUT2D eigenvalue weighted by molar-refractivity contribution is 5.70. The molecular weight excluding hydrogens is 362 g/mol. The molecule has 1 unspecified atom stereocenters. The number of nitrogens with zero attached hydrogens (tertiary/aromatic N) is 1. The van der Waals surface area contributed by atoms with Crippen molar-refractivity contribution in [3.63, 3.8) is 0 Å². The first-order valence-corrected chi connectivity index (χ1v) is 8.66. The van der Waals surface area contributed by atoms with Gasteiger partial charge >= 0.3 is 12.1 Å². The largest absolute Gasteiger partial charge is 0.481 e. The summed E-state index contributed by atoms with van der Waals surface area (Å²) in [5.41, 5.74) is -0.675. The molecule has 0 bridgehead atoms. The fourth-order valence-corrected chi connectivity index (χ4v) is 3.66. The SMILES string of the molecule is O=C(O)C1CCN(C(c2ccccc2F)c2ccccc2C(F)(F)F)CC1. The van der Waals surface area contributed by atoms with Gasteiger partial charge in [-0.1, -0.05) is 36.4 Å². The molecule has 0 saturated carbocycles. The molecule has 0 radical (unpaired) electrons. The maximum atomic E-state index is 14.5. The van der Waals surface area contributed by atoms with Gasteiger partial charge in [0.2, 0.25) is 0 Å². The number of carboxylic acid groups (broad SMARTS) is 1. The lowest BCUT2D eigenvalue weighted by Crippen LogP contribution is -2.40. The number of rotatable bonds is 4. The van der Waals surface area contributed by atoms with Crippen LogP contribution < -0.4 is 0 Å². The lowest BCUT2D eigenvalue weighted by Gasteiger charge is -2.38. The maximum Gasteiger partial charge on any atom is 0.416 e. The number of aliphatic carboxylic acids is 1. The highest BCUT2D eigenvalue weighted by Gasteiger charge is 2.38. The van der Waals surface area contributed by atoms with Gasteiger partial charge in [0.1, 0.15) is 5.82 Å². The van der Waals surface area contributed by atoms with E-state index >= 15 is 0 Å². The molecule has 144 valence electrons. The van der Waals surface area contributed by atoms with E-state index in [1.165, 1.54) is 36.4 Å². The lowest BCUT2D eigenvalue weighted by molar-refractivity contribution is -0.143. The van der Waals surface area contributed by atoms with E-state index in [4.69, 9.17) is 5.11 Å². The van der Waals surface area contributed by atoms with Crippen LogP contribution in [0.15, 0.2) is 48.5 Å². The Balaban J connectivity index is 2.06. The molecule has 1 saturated heterocycles. The predicted octanol–water partition coefficient (Wildman–Crippen LogP) is 4.73. The van der Waals surface area contributed by atoms with E-state index < -0.39 is 35.5 Å². The van der Waals surface area contributed by atoms with Crippen LogP contribution in [0.3, 0.4) is 0 Å². The second-order valence-electron chi connectivity index (χ2n) is 6.66. The van der Waals surface area contributed by atoms with E-state index in [9.17, 15) is 22.4 Å². The minimum Gasteiger partial charge on any atom is -0.481 e. The van der Waals surface area contributed by atoms with Gasteiger partial charge in [-0.2, -0.15) is 13.2 Å². The smallest absolute Gasteiger partial charge is 0.416 e. The quantitative estimate of drug-likeness (QED) is 0.779. The Hall–Kier alpha value is -2.41. The first-order chi connectivity index (χ1) is 12.8. The highest BCUT2D eigenvalue weighted by Crippen LogP contribution is 2.40. The third-order valence-electron chi connectivity index (χ3n) is 5.00. The molecule has 0 aromatic heterocycles. The van der Waals surface area contributed by atoms with Crippen molar-refractivity contribution in [3.8, 4) is 0 Å². The average Bonchev–Trinajstić information content (AvgIpc) is 2.63. The van der Waals surface area contributed by atoms with Crippen LogP contribution in [-0.2, 0) is 11.0 Å². The molecule has 1 heterocycles. The van der Waals surface area contributed by atoms with E-state index in [0.29, 0.717) is 12.8 Å². The van der Waals surface area contributed by atoms with Crippen molar-refractivity contribution in [1.29, 1.82) is 0 Å². The Labute approximate surface area is 154 Å². The van der Waals surface area contributed by atoms with Crippen molar-refractivity contribution in [2.75, 3.05) is 13.1 Å². The molecule has 7 heteroatoms. The minimum atomic E-state index is -4.57. The molecule has 1 aliphatic rings. The molecule has 3 nitrogen and oxygen atoms in total. The molecular formula is C20H19F4NO2. The van der Waals surface area contributed by atoms with E-state index in [1.54, 1.807) is 11.0 Å². The van der Waals surface area contributed by atoms with Gasteiger partial charge in [-0.25, -0.2) is 4.39 Å². The van der Waals surface area contributed by atoms with Gasteiger partial charge < -0.3 is 5.11 Å². The summed E-state index contributed by atoms with van der Waals surface area (Å²) in [4.78, 5) is 12.9. The van der Waals surface area contributed by atoms with E-state index in [1.807, 2.05) is 0 Å². The molecule has 2 aromatic rings. The summed E-state index contributed by atoms with van der Waals surface area (Å²) >= 11 is 0. The number of hydrogen-bond acceptors (Lipinski definition) is 2. The van der Waals surface area contributed by atoms with Crippen molar-refractivity contribution in [2.24, 2.45) is 5.92 Å². The van der Waals surface area contributed by atoms with Gasteiger partial charge in [0, 0.05) is 5.56 Å². The molecule has 1 fully saturated rings. The minimum absolute atomic E-state index is 0.0242. The second-order valence-corrected chi connectivity index (χ2v) is 6.66. The number of piperidine rings is 1. The van der Waals surface area contributed by atoms with Gasteiger partial charge in [0.05, 0.1) is 17.5 Å². The molecule has 1 atom stereocenters. The summed E-state index contributed by atoms with van der Waals surface area (Å²) in [6, 6.07) is 10.0. The lowest BCUT2D eigenvalue weighted by atomic mass is 9.89. The van der Waals surface area contributed by atoms with Gasteiger partial charge in [-0.05, 0) is 43.6 Å². The van der Waals surface area contributed by atoms with Crippen LogP contribution >= 0.6 is 0 Å². The van der Waals surface area contributed by atoms with Crippen LogP contribution in [0.1, 0.15) is 35.6 Å². The summed E-state index contributed by atoms with van der Waals surface area (Å²) in [5, 5.41) is 9.16. The normalized spacial score (nSPS) is 17.6. The van der Waals surface area contributed by atoms with Crippen LogP contribution in [-0.4, -0.2) is 29.1 Å².